The van der Waals surface area contributed by atoms with Crippen LogP contribution in [-0.2, 0) is 16.4 Å². The number of hydrogen-bond donors (Lipinski definition) is 0. The second-order valence-corrected chi connectivity index (χ2v) is 10.9. The zero-order chi connectivity index (χ0) is 24.8. The Morgan fingerprint density at radius 1 is 0.943 bits per heavy atom. The van der Waals surface area contributed by atoms with Crippen LogP contribution in [0, 0.1) is 5.92 Å². The van der Waals surface area contributed by atoms with Crippen molar-refractivity contribution in [2.75, 3.05) is 31.6 Å². The van der Waals surface area contributed by atoms with E-state index in [9.17, 15) is 13.2 Å². The predicted octanol–water partition coefficient (Wildman–Crippen LogP) is 5.01. The van der Waals surface area contributed by atoms with Crippen LogP contribution >= 0.6 is 0 Å². The average molecular weight is 493 g/mol. The third-order valence-electron chi connectivity index (χ3n) is 6.78. The van der Waals surface area contributed by atoms with Gasteiger partial charge in [0.15, 0.2) is 0 Å². The van der Waals surface area contributed by atoms with Crippen molar-refractivity contribution in [1.29, 1.82) is 0 Å². The summed E-state index contributed by atoms with van der Waals surface area (Å²) in [5, 5.41) is 0. The number of piperidine rings is 1. The summed E-state index contributed by atoms with van der Waals surface area (Å²) < 4.78 is 32.4. The normalized spacial score (nSPS) is 14.5. The Kier molecular flexibility index (Phi) is 7.76. The maximum Gasteiger partial charge on any atom is 0.264 e. The van der Waals surface area contributed by atoms with E-state index in [0.717, 1.165) is 44.5 Å². The minimum absolute atomic E-state index is 0.0426. The van der Waals surface area contributed by atoms with E-state index in [-0.39, 0.29) is 10.8 Å². The molecule has 1 aliphatic rings. The molecule has 3 aromatic carbocycles. The van der Waals surface area contributed by atoms with Gasteiger partial charge in [-0.15, -0.1) is 0 Å². The van der Waals surface area contributed by atoms with Gasteiger partial charge in [0.1, 0.15) is 5.75 Å². The van der Waals surface area contributed by atoms with Crippen molar-refractivity contribution in [3.8, 4) is 5.75 Å². The largest absolute Gasteiger partial charge is 0.497 e. The lowest BCUT2D eigenvalue weighted by Gasteiger charge is -2.32. The first-order chi connectivity index (χ1) is 16.9. The fourth-order valence-corrected chi connectivity index (χ4v) is 5.67. The summed E-state index contributed by atoms with van der Waals surface area (Å²) in [5.74, 6) is 1.43. The number of aryl methyl sites for hydroxylation is 1. The van der Waals surface area contributed by atoms with Crippen LogP contribution in [0.25, 0.3) is 0 Å². The quantitative estimate of drug-likeness (QED) is 0.444. The van der Waals surface area contributed by atoms with Gasteiger partial charge in [0.05, 0.1) is 17.7 Å². The molecule has 0 aromatic heterocycles. The zero-order valence-electron chi connectivity index (χ0n) is 20.3. The Labute approximate surface area is 208 Å². The van der Waals surface area contributed by atoms with E-state index in [2.05, 4.69) is 12.1 Å². The molecular formula is C28H32N2O4S. The number of anilines is 1. The molecule has 1 aliphatic heterocycles. The monoisotopic (exact) mass is 492 g/mol. The van der Waals surface area contributed by atoms with Crippen molar-refractivity contribution in [2.24, 2.45) is 5.92 Å². The number of nitrogens with zero attached hydrogens (tertiary/aromatic N) is 2. The molecule has 0 aliphatic carbocycles. The molecule has 7 heteroatoms. The molecule has 0 atom stereocenters. The van der Waals surface area contributed by atoms with Gasteiger partial charge in [-0.1, -0.05) is 30.3 Å². The summed E-state index contributed by atoms with van der Waals surface area (Å²) in [6.07, 6.45) is 4.10. The summed E-state index contributed by atoms with van der Waals surface area (Å²) in [6.45, 7) is 1.45. The predicted molar refractivity (Wildman–Crippen MR) is 138 cm³/mol. The summed E-state index contributed by atoms with van der Waals surface area (Å²) in [5.41, 5.74) is 2.41. The standard InChI is InChI=1S/C28H32N2O4S/c1-29(25-6-4-3-5-7-25)35(32,33)27-16-12-24(13-17-27)28(31)30-20-18-23(19-21-30)9-8-22-10-14-26(34-2)15-11-22/h3-7,10-17,23H,8-9,18-21H2,1-2H3. The van der Waals surface area contributed by atoms with E-state index >= 15 is 0 Å². The van der Waals surface area contributed by atoms with Crippen molar-refractivity contribution in [3.05, 3.63) is 90.0 Å². The fraction of sp³-hybridized carbons (Fsp3) is 0.321. The van der Waals surface area contributed by atoms with Crippen molar-refractivity contribution in [3.63, 3.8) is 0 Å². The average Bonchev–Trinajstić information content (AvgIpc) is 2.92. The summed E-state index contributed by atoms with van der Waals surface area (Å²) >= 11 is 0. The summed E-state index contributed by atoms with van der Waals surface area (Å²) in [6, 6.07) is 23.4. The van der Waals surface area contributed by atoms with Crippen LogP contribution in [0.4, 0.5) is 5.69 Å². The number of methoxy groups -OCH3 is 1. The van der Waals surface area contributed by atoms with Crippen molar-refractivity contribution < 1.29 is 17.9 Å². The number of likely N-dealkylation sites (tertiary alicyclic amines) is 1. The lowest BCUT2D eigenvalue weighted by atomic mass is 9.90. The number of carbonyl (C=O) groups is 1. The first-order valence-corrected chi connectivity index (χ1v) is 13.4. The molecule has 1 fully saturated rings. The Bertz CT molecular complexity index is 1220. The number of sulfonamides is 1. The van der Waals surface area contributed by atoms with Gasteiger partial charge in [0.25, 0.3) is 15.9 Å². The minimum Gasteiger partial charge on any atom is -0.497 e. The highest BCUT2D eigenvalue weighted by Gasteiger charge is 2.25. The van der Waals surface area contributed by atoms with Crippen LogP contribution in [-0.4, -0.2) is 46.5 Å². The molecule has 1 amide bonds. The SMILES string of the molecule is COc1ccc(CCC2CCN(C(=O)c3ccc(S(=O)(=O)N(C)c4ccccc4)cc3)CC2)cc1. The maximum absolute atomic E-state index is 13.0. The molecule has 0 bridgehead atoms. The highest BCUT2D eigenvalue weighted by molar-refractivity contribution is 7.92. The Balaban J connectivity index is 1.31. The topological polar surface area (TPSA) is 66.9 Å². The van der Waals surface area contributed by atoms with E-state index in [1.807, 2.05) is 23.1 Å². The second kappa shape index (κ2) is 11.0. The van der Waals surface area contributed by atoms with Crippen LogP contribution in [0.3, 0.4) is 0 Å². The molecule has 0 unspecified atom stereocenters. The number of amides is 1. The van der Waals surface area contributed by atoms with Crippen molar-refractivity contribution in [2.45, 2.75) is 30.6 Å². The highest BCUT2D eigenvalue weighted by atomic mass is 32.2. The fourth-order valence-electron chi connectivity index (χ4n) is 4.47. The van der Waals surface area contributed by atoms with Gasteiger partial charge < -0.3 is 9.64 Å². The molecule has 1 saturated heterocycles. The highest BCUT2D eigenvalue weighted by Crippen LogP contribution is 2.26. The van der Waals surface area contributed by atoms with Gasteiger partial charge in [-0.3, -0.25) is 9.10 Å². The number of benzene rings is 3. The smallest absolute Gasteiger partial charge is 0.264 e. The molecule has 0 saturated carbocycles. The number of ether oxygens (including phenoxy) is 1. The number of carbonyl (C=O) groups excluding carboxylic acids is 1. The van der Waals surface area contributed by atoms with Gasteiger partial charge in [-0.25, -0.2) is 8.42 Å². The van der Waals surface area contributed by atoms with Crippen LogP contribution in [0.5, 0.6) is 5.75 Å². The van der Waals surface area contributed by atoms with E-state index in [1.165, 1.54) is 29.0 Å². The van der Waals surface area contributed by atoms with Gasteiger partial charge in [-0.05, 0) is 85.7 Å². The molecule has 4 rings (SSSR count). The molecule has 35 heavy (non-hydrogen) atoms. The minimum atomic E-state index is -3.70. The first-order valence-electron chi connectivity index (χ1n) is 11.9. The van der Waals surface area contributed by atoms with Gasteiger partial charge in [0, 0.05) is 25.7 Å². The van der Waals surface area contributed by atoms with E-state index < -0.39 is 10.0 Å². The first kappa shape index (κ1) is 24.8. The molecule has 6 nitrogen and oxygen atoms in total. The number of hydrogen-bond acceptors (Lipinski definition) is 4. The van der Waals surface area contributed by atoms with Crippen LogP contribution in [0.15, 0.2) is 83.8 Å². The molecule has 1 heterocycles. The van der Waals surface area contributed by atoms with Crippen LogP contribution < -0.4 is 9.04 Å². The number of rotatable bonds is 8. The molecule has 0 N–H and O–H groups in total. The molecule has 3 aromatic rings. The Morgan fingerprint density at radius 3 is 2.17 bits per heavy atom. The molecule has 184 valence electrons. The second-order valence-electron chi connectivity index (χ2n) is 8.95. The third kappa shape index (κ3) is 5.85. The van der Waals surface area contributed by atoms with E-state index in [4.69, 9.17) is 4.74 Å². The third-order valence-corrected chi connectivity index (χ3v) is 8.58. The number of para-hydroxylation sites is 1. The van der Waals surface area contributed by atoms with Gasteiger partial charge in [-0.2, -0.15) is 0 Å². The lowest BCUT2D eigenvalue weighted by Crippen LogP contribution is -2.38. The summed E-state index contributed by atoms with van der Waals surface area (Å²) in [7, 11) is -0.497. The van der Waals surface area contributed by atoms with Crippen molar-refractivity contribution >= 4 is 21.6 Å². The van der Waals surface area contributed by atoms with E-state index in [1.54, 1.807) is 43.5 Å². The van der Waals surface area contributed by atoms with Crippen molar-refractivity contribution in [1.82, 2.24) is 4.90 Å². The van der Waals surface area contributed by atoms with Gasteiger partial charge in [0.2, 0.25) is 0 Å². The Hall–Kier alpha value is -3.32. The zero-order valence-corrected chi connectivity index (χ0v) is 21.1. The van der Waals surface area contributed by atoms with Crippen LogP contribution in [0.2, 0.25) is 0 Å². The molecular weight excluding hydrogens is 460 g/mol. The summed E-state index contributed by atoms with van der Waals surface area (Å²) in [4.78, 5) is 15.1. The Morgan fingerprint density at radius 2 is 1.57 bits per heavy atom. The van der Waals surface area contributed by atoms with Gasteiger partial charge >= 0.3 is 0 Å². The lowest BCUT2D eigenvalue weighted by molar-refractivity contribution is 0.0687. The molecule has 0 radical (unpaired) electrons. The van der Waals surface area contributed by atoms with Crippen LogP contribution in [0.1, 0.15) is 35.2 Å². The molecule has 0 spiro atoms. The maximum atomic E-state index is 13.0. The van der Waals surface area contributed by atoms with E-state index in [0.29, 0.717) is 17.2 Å².